The molecule has 1 aliphatic rings. The number of carbonyl (C=O) groups excluding carboxylic acids is 2. The second-order valence-electron chi connectivity index (χ2n) is 6.89. The highest BCUT2D eigenvalue weighted by Gasteiger charge is 2.24. The van der Waals surface area contributed by atoms with E-state index in [0.717, 1.165) is 0 Å². The number of nitrogens with one attached hydrogen (secondary N) is 1. The van der Waals surface area contributed by atoms with Crippen molar-refractivity contribution in [3.05, 3.63) is 35.4 Å². The molecule has 146 valence electrons. The van der Waals surface area contributed by atoms with Crippen molar-refractivity contribution >= 4 is 23.6 Å². The molecule has 0 aromatic heterocycles. The van der Waals surface area contributed by atoms with Crippen LogP contribution in [0.2, 0.25) is 0 Å². The number of carboxylic acid groups (broad SMARTS) is 1. The Balaban J connectivity index is 1.80. The fourth-order valence-electron chi connectivity index (χ4n) is 3.17. The van der Waals surface area contributed by atoms with E-state index in [-0.39, 0.29) is 36.4 Å². The molecule has 1 aromatic rings. The van der Waals surface area contributed by atoms with Gasteiger partial charge in [-0.25, -0.2) is 0 Å². The van der Waals surface area contributed by atoms with Crippen LogP contribution in [-0.4, -0.2) is 65.2 Å². The Kier molecular flexibility index (Phi) is 6.92. The van der Waals surface area contributed by atoms with E-state index in [9.17, 15) is 14.4 Å². The Morgan fingerprint density at radius 2 is 1.74 bits per heavy atom. The lowest BCUT2D eigenvalue weighted by Crippen LogP contribution is -2.40. The second-order valence-corrected chi connectivity index (χ2v) is 6.89. The lowest BCUT2D eigenvalue weighted by Gasteiger charge is -2.32. The minimum Gasteiger partial charge on any atom is -0.481 e. The van der Waals surface area contributed by atoms with Gasteiger partial charge in [-0.2, -0.15) is 0 Å². The topological polar surface area (TPSA) is 128 Å². The Hall–Kier alpha value is -2.90. The fourth-order valence-corrected chi connectivity index (χ4v) is 3.17. The third kappa shape index (κ3) is 5.80. The van der Waals surface area contributed by atoms with Crippen molar-refractivity contribution in [2.75, 3.05) is 26.7 Å². The van der Waals surface area contributed by atoms with Crippen LogP contribution in [0.25, 0.3) is 0 Å². The highest BCUT2D eigenvalue weighted by atomic mass is 16.4. The van der Waals surface area contributed by atoms with Crippen molar-refractivity contribution < 1.29 is 19.5 Å². The number of piperidine rings is 1. The normalized spacial score (nSPS) is 14.6. The van der Waals surface area contributed by atoms with Crippen LogP contribution in [0.4, 0.5) is 0 Å². The van der Waals surface area contributed by atoms with Crippen molar-refractivity contribution in [2.45, 2.75) is 25.7 Å². The van der Waals surface area contributed by atoms with E-state index < -0.39 is 5.97 Å². The number of amides is 2. The largest absolute Gasteiger partial charge is 0.481 e. The molecule has 8 heteroatoms. The molecule has 1 aromatic carbocycles. The number of benzene rings is 1. The summed E-state index contributed by atoms with van der Waals surface area (Å²) in [5, 5.41) is 16.2. The number of likely N-dealkylation sites (tertiary alicyclic amines) is 1. The van der Waals surface area contributed by atoms with Gasteiger partial charge in [0.15, 0.2) is 0 Å². The number of amidine groups is 1. The summed E-state index contributed by atoms with van der Waals surface area (Å²) in [4.78, 5) is 38.8. The molecule has 4 N–H and O–H groups in total. The van der Waals surface area contributed by atoms with Gasteiger partial charge in [0.25, 0.3) is 5.91 Å². The molecule has 0 saturated carbocycles. The quantitative estimate of drug-likeness (QED) is 0.487. The number of carboxylic acids is 1. The van der Waals surface area contributed by atoms with E-state index in [0.29, 0.717) is 43.6 Å². The van der Waals surface area contributed by atoms with Crippen LogP contribution in [0.3, 0.4) is 0 Å². The Labute approximate surface area is 158 Å². The first-order chi connectivity index (χ1) is 12.8. The highest BCUT2D eigenvalue weighted by molar-refractivity contribution is 5.98. The molecule has 8 nitrogen and oxygen atoms in total. The highest BCUT2D eigenvalue weighted by Crippen LogP contribution is 2.21. The molecule has 0 unspecified atom stereocenters. The Bertz CT molecular complexity index is 709. The summed E-state index contributed by atoms with van der Waals surface area (Å²) in [6.07, 6.45) is 1.80. The summed E-state index contributed by atoms with van der Waals surface area (Å²) in [7, 11) is 1.65. The smallest absolute Gasteiger partial charge is 0.303 e. The molecule has 0 bridgehead atoms. The minimum absolute atomic E-state index is 0.0182. The monoisotopic (exact) mass is 374 g/mol. The molecule has 0 atom stereocenters. The van der Waals surface area contributed by atoms with Gasteiger partial charge < -0.3 is 20.6 Å². The van der Waals surface area contributed by atoms with E-state index in [1.54, 1.807) is 36.2 Å². The molecular weight excluding hydrogens is 348 g/mol. The van der Waals surface area contributed by atoms with Crippen molar-refractivity contribution in [2.24, 2.45) is 11.7 Å². The SMILES string of the molecule is CN(CCC(=O)N1CCC(CC(=O)O)CC1)C(=O)c1ccc(C(=N)N)cc1. The number of carbonyl (C=O) groups is 3. The Morgan fingerprint density at radius 1 is 1.19 bits per heavy atom. The molecule has 27 heavy (non-hydrogen) atoms. The van der Waals surface area contributed by atoms with Gasteiger partial charge in [-0.1, -0.05) is 12.1 Å². The minimum atomic E-state index is -0.795. The van der Waals surface area contributed by atoms with Gasteiger partial charge in [0.2, 0.25) is 5.91 Å². The average molecular weight is 374 g/mol. The number of hydrogen-bond acceptors (Lipinski definition) is 4. The summed E-state index contributed by atoms with van der Waals surface area (Å²) >= 11 is 0. The third-order valence-electron chi connectivity index (χ3n) is 4.88. The molecular formula is C19H26N4O4. The molecule has 1 aliphatic heterocycles. The average Bonchev–Trinajstić information content (AvgIpc) is 2.65. The van der Waals surface area contributed by atoms with Gasteiger partial charge in [-0.3, -0.25) is 19.8 Å². The van der Waals surface area contributed by atoms with Crippen LogP contribution in [0, 0.1) is 11.3 Å². The number of nitrogens with two attached hydrogens (primary N) is 1. The van der Waals surface area contributed by atoms with E-state index in [1.165, 1.54) is 4.90 Å². The lowest BCUT2D eigenvalue weighted by molar-refractivity contribution is -0.138. The van der Waals surface area contributed by atoms with Crippen molar-refractivity contribution in [3.63, 3.8) is 0 Å². The van der Waals surface area contributed by atoms with Crippen molar-refractivity contribution in [1.82, 2.24) is 9.80 Å². The number of aliphatic carboxylic acids is 1. The predicted molar refractivity (Wildman–Crippen MR) is 101 cm³/mol. The van der Waals surface area contributed by atoms with Crippen LogP contribution in [0.5, 0.6) is 0 Å². The molecule has 1 fully saturated rings. The van der Waals surface area contributed by atoms with Gasteiger partial charge in [0, 0.05) is 50.7 Å². The molecule has 1 heterocycles. The maximum atomic E-state index is 12.4. The predicted octanol–water partition coefficient (Wildman–Crippen LogP) is 1.15. The standard InChI is InChI=1S/C19H26N4O4/c1-22(19(27)15-4-2-14(3-5-15)18(20)21)9-8-16(24)23-10-6-13(7-11-23)12-17(25)26/h2-5,13H,6-12H2,1H3,(H3,20,21)(H,25,26). The molecule has 2 amide bonds. The third-order valence-corrected chi connectivity index (χ3v) is 4.88. The number of nitrogen functional groups attached to an aromatic ring is 1. The van der Waals surface area contributed by atoms with E-state index in [2.05, 4.69) is 0 Å². The first kappa shape index (κ1) is 20.4. The molecule has 0 spiro atoms. The second kappa shape index (κ2) is 9.16. The van der Waals surface area contributed by atoms with Crippen LogP contribution in [-0.2, 0) is 9.59 Å². The summed E-state index contributed by atoms with van der Waals surface area (Å²) in [5.41, 5.74) is 6.43. The lowest BCUT2D eigenvalue weighted by atomic mass is 9.93. The number of rotatable bonds is 7. The first-order valence-corrected chi connectivity index (χ1v) is 8.97. The maximum absolute atomic E-state index is 12.4. The van der Waals surface area contributed by atoms with E-state index >= 15 is 0 Å². The molecule has 0 aliphatic carbocycles. The van der Waals surface area contributed by atoms with Gasteiger partial charge in [-0.05, 0) is 30.9 Å². The zero-order chi connectivity index (χ0) is 20.0. The van der Waals surface area contributed by atoms with E-state index in [1.807, 2.05) is 0 Å². The molecule has 0 radical (unpaired) electrons. The molecule has 2 rings (SSSR count). The zero-order valence-electron chi connectivity index (χ0n) is 15.5. The summed E-state index contributed by atoms with van der Waals surface area (Å²) in [6, 6.07) is 6.47. The number of nitrogens with zero attached hydrogens (tertiary/aromatic N) is 2. The maximum Gasteiger partial charge on any atom is 0.303 e. The van der Waals surface area contributed by atoms with Crippen LogP contribution >= 0.6 is 0 Å². The Morgan fingerprint density at radius 3 is 2.26 bits per heavy atom. The zero-order valence-corrected chi connectivity index (χ0v) is 15.5. The van der Waals surface area contributed by atoms with Crippen LogP contribution in [0.15, 0.2) is 24.3 Å². The molecule has 1 saturated heterocycles. The van der Waals surface area contributed by atoms with Crippen molar-refractivity contribution in [1.29, 1.82) is 5.41 Å². The fraction of sp³-hybridized carbons (Fsp3) is 0.474. The van der Waals surface area contributed by atoms with Crippen LogP contribution < -0.4 is 5.73 Å². The van der Waals surface area contributed by atoms with Gasteiger partial charge >= 0.3 is 5.97 Å². The van der Waals surface area contributed by atoms with Gasteiger partial charge in [-0.15, -0.1) is 0 Å². The number of hydrogen-bond donors (Lipinski definition) is 3. The van der Waals surface area contributed by atoms with Gasteiger partial charge in [0.1, 0.15) is 5.84 Å². The first-order valence-electron chi connectivity index (χ1n) is 8.97. The summed E-state index contributed by atoms with van der Waals surface area (Å²) in [5.74, 6) is -0.932. The summed E-state index contributed by atoms with van der Waals surface area (Å²) < 4.78 is 0. The van der Waals surface area contributed by atoms with Gasteiger partial charge in [0.05, 0.1) is 0 Å². The van der Waals surface area contributed by atoms with Crippen molar-refractivity contribution in [3.8, 4) is 0 Å². The van der Waals surface area contributed by atoms with E-state index in [4.69, 9.17) is 16.2 Å². The van der Waals surface area contributed by atoms with Crippen LogP contribution in [0.1, 0.15) is 41.6 Å². The summed E-state index contributed by atoms with van der Waals surface area (Å²) in [6.45, 7) is 1.45.